The van der Waals surface area contributed by atoms with Crippen LogP contribution in [0.15, 0.2) is 18.2 Å². The maximum atomic E-state index is 10.8. The van der Waals surface area contributed by atoms with E-state index in [0.29, 0.717) is 6.42 Å². The first-order valence-electron chi connectivity index (χ1n) is 5.07. The number of nitro benzene ring substituents is 1. The van der Waals surface area contributed by atoms with Crippen molar-refractivity contribution >= 4 is 5.69 Å². The van der Waals surface area contributed by atoms with E-state index in [-0.39, 0.29) is 18.0 Å². The first kappa shape index (κ1) is 12.9. The molecule has 0 fully saturated rings. The molecule has 0 saturated carbocycles. The molecular formula is C11H13N3O3. The van der Waals surface area contributed by atoms with Gasteiger partial charge in [0, 0.05) is 12.5 Å². The van der Waals surface area contributed by atoms with E-state index in [4.69, 9.17) is 15.7 Å². The molecule has 17 heavy (non-hydrogen) atoms. The van der Waals surface area contributed by atoms with Crippen LogP contribution >= 0.6 is 0 Å². The average molecular weight is 235 g/mol. The Bertz CT molecular complexity index is 454. The summed E-state index contributed by atoms with van der Waals surface area (Å²) in [4.78, 5) is 10.3. The minimum Gasteiger partial charge on any atom is -0.487 e. The lowest BCUT2D eigenvalue weighted by Crippen LogP contribution is -2.20. The van der Waals surface area contributed by atoms with Gasteiger partial charge in [0.25, 0.3) is 0 Å². The van der Waals surface area contributed by atoms with Crippen LogP contribution in [0.25, 0.3) is 0 Å². The summed E-state index contributed by atoms with van der Waals surface area (Å²) >= 11 is 0. The third-order valence-corrected chi connectivity index (χ3v) is 2.16. The second kappa shape index (κ2) is 5.82. The van der Waals surface area contributed by atoms with E-state index in [1.165, 1.54) is 6.07 Å². The van der Waals surface area contributed by atoms with Gasteiger partial charge in [0.05, 0.1) is 23.6 Å². The van der Waals surface area contributed by atoms with Gasteiger partial charge in [0.1, 0.15) is 0 Å². The van der Waals surface area contributed by atoms with Crippen LogP contribution in [0.4, 0.5) is 5.69 Å². The Hall–Kier alpha value is -2.13. The molecule has 1 aromatic carbocycles. The highest BCUT2D eigenvalue weighted by Crippen LogP contribution is 2.27. The van der Waals surface area contributed by atoms with Crippen molar-refractivity contribution in [2.24, 2.45) is 5.73 Å². The molecule has 1 atom stereocenters. The molecule has 1 unspecified atom stereocenters. The van der Waals surface area contributed by atoms with Gasteiger partial charge >= 0.3 is 5.69 Å². The van der Waals surface area contributed by atoms with Gasteiger partial charge in [0.2, 0.25) is 0 Å². The summed E-state index contributed by atoms with van der Waals surface area (Å²) in [7, 11) is 0. The summed E-state index contributed by atoms with van der Waals surface area (Å²) in [6, 6.07) is 5.97. The van der Waals surface area contributed by atoms with E-state index >= 15 is 0 Å². The third-order valence-electron chi connectivity index (χ3n) is 2.16. The number of hydrogen-bond donors (Lipinski definition) is 1. The number of rotatable bonds is 5. The SMILES string of the molecule is Cc1ccc(OCCC(N)C#N)c([N+](=O)[O-])c1. The predicted octanol–water partition coefficient (Wildman–Crippen LogP) is 1.52. The van der Waals surface area contributed by atoms with E-state index < -0.39 is 11.0 Å². The van der Waals surface area contributed by atoms with Gasteiger partial charge in [-0.2, -0.15) is 5.26 Å². The Balaban J connectivity index is 2.71. The molecule has 0 saturated heterocycles. The molecule has 0 heterocycles. The summed E-state index contributed by atoms with van der Waals surface area (Å²) in [5.74, 6) is 0.200. The molecule has 0 radical (unpaired) electrons. The summed E-state index contributed by atoms with van der Waals surface area (Å²) in [5.41, 5.74) is 6.10. The molecule has 1 aromatic rings. The molecule has 0 aliphatic carbocycles. The summed E-state index contributed by atoms with van der Waals surface area (Å²) < 4.78 is 5.25. The van der Waals surface area contributed by atoms with Crippen molar-refractivity contribution < 1.29 is 9.66 Å². The van der Waals surface area contributed by atoms with Crippen LogP contribution in [0.5, 0.6) is 5.75 Å². The lowest BCUT2D eigenvalue weighted by Gasteiger charge is -2.07. The second-order valence-electron chi connectivity index (χ2n) is 3.60. The molecule has 6 nitrogen and oxygen atoms in total. The van der Waals surface area contributed by atoms with Gasteiger partial charge in [-0.25, -0.2) is 0 Å². The van der Waals surface area contributed by atoms with E-state index in [1.54, 1.807) is 19.1 Å². The van der Waals surface area contributed by atoms with E-state index in [2.05, 4.69) is 0 Å². The summed E-state index contributed by atoms with van der Waals surface area (Å²) in [5, 5.41) is 19.2. The third kappa shape index (κ3) is 3.74. The van der Waals surface area contributed by atoms with Gasteiger partial charge in [0.15, 0.2) is 5.75 Å². The normalized spacial score (nSPS) is 11.6. The molecule has 2 N–H and O–H groups in total. The number of nitrogens with two attached hydrogens (primary N) is 1. The average Bonchev–Trinajstić information content (AvgIpc) is 2.30. The fourth-order valence-electron chi connectivity index (χ4n) is 1.25. The molecule has 0 aromatic heterocycles. The molecule has 0 aliphatic heterocycles. The van der Waals surface area contributed by atoms with E-state index in [9.17, 15) is 10.1 Å². The number of benzene rings is 1. The summed E-state index contributed by atoms with van der Waals surface area (Å²) in [6.07, 6.45) is 0.335. The van der Waals surface area contributed by atoms with Crippen LogP contribution in [0.2, 0.25) is 0 Å². The zero-order valence-corrected chi connectivity index (χ0v) is 9.42. The smallest absolute Gasteiger partial charge is 0.311 e. The molecule has 0 aliphatic rings. The lowest BCUT2D eigenvalue weighted by molar-refractivity contribution is -0.385. The topological polar surface area (TPSA) is 102 Å². The number of aryl methyl sites for hydroxylation is 1. The molecule has 1 rings (SSSR count). The van der Waals surface area contributed by atoms with Crippen molar-refractivity contribution in [2.75, 3.05) is 6.61 Å². The Morgan fingerprint density at radius 3 is 2.94 bits per heavy atom. The molecule has 0 bridgehead atoms. The highest BCUT2D eigenvalue weighted by molar-refractivity contribution is 5.48. The fraction of sp³-hybridized carbons (Fsp3) is 0.364. The van der Waals surface area contributed by atoms with Crippen LogP contribution in [0.3, 0.4) is 0 Å². The first-order chi connectivity index (χ1) is 8.04. The zero-order valence-electron chi connectivity index (χ0n) is 9.42. The highest BCUT2D eigenvalue weighted by atomic mass is 16.6. The van der Waals surface area contributed by atoms with Crippen molar-refractivity contribution in [3.63, 3.8) is 0 Å². The van der Waals surface area contributed by atoms with Gasteiger partial charge in [-0.1, -0.05) is 6.07 Å². The van der Waals surface area contributed by atoms with Crippen LogP contribution in [0.1, 0.15) is 12.0 Å². The van der Waals surface area contributed by atoms with Crippen molar-refractivity contribution in [3.05, 3.63) is 33.9 Å². The lowest BCUT2D eigenvalue weighted by atomic mass is 10.2. The quantitative estimate of drug-likeness (QED) is 0.615. The van der Waals surface area contributed by atoms with Crippen LogP contribution in [-0.2, 0) is 0 Å². The molecule has 0 spiro atoms. The van der Waals surface area contributed by atoms with Crippen LogP contribution in [-0.4, -0.2) is 17.6 Å². The fourth-order valence-corrected chi connectivity index (χ4v) is 1.25. The van der Waals surface area contributed by atoms with Crippen molar-refractivity contribution in [2.45, 2.75) is 19.4 Å². The number of nitrogens with zero attached hydrogens (tertiary/aromatic N) is 2. The molecule has 90 valence electrons. The van der Waals surface area contributed by atoms with Crippen molar-refractivity contribution in [1.29, 1.82) is 5.26 Å². The molecule has 0 amide bonds. The van der Waals surface area contributed by atoms with Gasteiger partial charge in [-0.3, -0.25) is 10.1 Å². The number of ether oxygens (including phenoxy) is 1. The number of nitriles is 1. The van der Waals surface area contributed by atoms with E-state index in [0.717, 1.165) is 5.56 Å². The molecular weight excluding hydrogens is 222 g/mol. The monoisotopic (exact) mass is 235 g/mol. The largest absolute Gasteiger partial charge is 0.487 e. The minimum absolute atomic E-state index is 0.0736. The number of hydrogen-bond acceptors (Lipinski definition) is 5. The van der Waals surface area contributed by atoms with Crippen molar-refractivity contribution in [3.8, 4) is 11.8 Å². The van der Waals surface area contributed by atoms with Gasteiger partial charge < -0.3 is 10.5 Å². The predicted molar refractivity (Wildman–Crippen MR) is 61.5 cm³/mol. The Morgan fingerprint density at radius 2 is 2.35 bits per heavy atom. The maximum Gasteiger partial charge on any atom is 0.311 e. The number of nitro groups is 1. The van der Waals surface area contributed by atoms with Crippen LogP contribution < -0.4 is 10.5 Å². The Morgan fingerprint density at radius 1 is 1.65 bits per heavy atom. The summed E-state index contributed by atoms with van der Waals surface area (Å²) in [6.45, 7) is 1.95. The molecule has 6 heteroatoms. The van der Waals surface area contributed by atoms with Crippen LogP contribution in [0, 0.1) is 28.4 Å². The maximum absolute atomic E-state index is 10.8. The zero-order chi connectivity index (χ0) is 12.8. The minimum atomic E-state index is -0.612. The Labute approximate surface area is 98.8 Å². The standard InChI is InChI=1S/C11H13N3O3/c1-8-2-3-11(10(6-8)14(15)16)17-5-4-9(13)7-12/h2-3,6,9H,4-5,13H2,1H3. The second-order valence-corrected chi connectivity index (χ2v) is 3.60. The Kier molecular flexibility index (Phi) is 4.43. The van der Waals surface area contributed by atoms with E-state index in [1.807, 2.05) is 6.07 Å². The van der Waals surface area contributed by atoms with Crippen molar-refractivity contribution in [1.82, 2.24) is 0 Å². The van der Waals surface area contributed by atoms with Gasteiger partial charge in [-0.05, 0) is 18.6 Å². The highest BCUT2D eigenvalue weighted by Gasteiger charge is 2.15. The van der Waals surface area contributed by atoms with Gasteiger partial charge in [-0.15, -0.1) is 0 Å². The first-order valence-corrected chi connectivity index (χ1v) is 5.07.